The predicted molar refractivity (Wildman–Crippen MR) is 110 cm³/mol. The van der Waals surface area contributed by atoms with Crippen LogP contribution in [0.4, 0.5) is 10.8 Å². The molecule has 0 aliphatic heterocycles. The standard InChI is InChI=1S/C21H23N3O2S/c1-2-26-18-12-10-17(11-13-18)23-21-24-19(15-27-21)20(25)22-14-6-9-16-7-4-3-5-8-16/h3-5,7-8,10-13,15H,2,6,9,14H2,1H3,(H,22,25)(H,23,24). The Labute approximate surface area is 163 Å². The Morgan fingerprint density at radius 2 is 1.89 bits per heavy atom. The zero-order valence-corrected chi connectivity index (χ0v) is 16.1. The summed E-state index contributed by atoms with van der Waals surface area (Å²) in [7, 11) is 0. The lowest BCUT2D eigenvalue weighted by Crippen LogP contribution is -2.25. The van der Waals surface area contributed by atoms with Crippen molar-refractivity contribution < 1.29 is 9.53 Å². The third kappa shape index (κ3) is 5.82. The first-order chi connectivity index (χ1) is 13.2. The Hall–Kier alpha value is -2.86. The van der Waals surface area contributed by atoms with Crippen molar-refractivity contribution in [3.63, 3.8) is 0 Å². The number of rotatable bonds is 9. The van der Waals surface area contributed by atoms with Crippen molar-refractivity contribution in [1.82, 2.24) is 10.3 Å². The summed E-state index contributed by atoms with van der Waals surface area (Å²) in [6.45, 7) is 3.23. The quantitative estimate of drug-likeness (QED) is 0.530. The van der Waals surface area contributed by atoms with E-state index >= 15 is 0 Å². The van der Waals surface area contributed by atoms with Gasteiger partial charge in [0.1, 0.15) is 11.4 Å². The average Bonchev–Trinajstić information content (AvgIpc) is 3.16. The molecule has 1 heterocycles. The first kappa shape index (κ1) is 18.9. The van der Waals surface area contributed by atoms with Crippen molar-refractivity contribution in [1.29, 1.82) is 0 Å². The number of carbonyl (C=O) groups excluding carboxylic acids is 1. The third-order valence-corrected chi connectivity index (χ3v) is 4.68. The summed E-state index contributed by atoms with van der Waals surface area (Å²) in [5, 5.41) is 8.59. The van der Waals surface area contributed by atoms with E-state index in [1.165, 1.54) is 16.9 Å². The molecular weight excluding hydrogens is 358 g/mol. The van der Waals surface area contributed by atoms with Crippen LogP contribution in [0, 0.1) is 0 Å². The molecular formula is C21H23N3O2S. The molecule has 0 spiro atoms. The predicted octanol–water partition coefficient (Wildman–Crippen LogP) is 4.65. The fourth-order valence-corrected chi connectivity index (χ4v) is 3.30. The lowest BCUT2D eigenvalue weighted by molar-refractivity contribution is 0.0949. The second-order valence-electron chi connectivity index (χ2n) is 5.97. The van der Waals surface area contributed by atoms with Gasteiger partial charge in [-0.2, -0.15) is 0 Å². The highest BCUT2D eigenvalue weighted by Gasteiger charge is 2.10. The normalized spacial score (nSPS) is 10.4. The average molecular weight is 382 g/mol. The summed E-state index contributed by atoms with van der Waals surface area (Å²) in [4.78, 5) is 16.6. The second kappa shape index (κ2) is 9.73. The summed E-state index contributed by atoms with van der Waals surface area (Å²) >= 11 is 1.41. The molecule has 0 atom stereocenters. The van der Waals surface area contributed by atoms with Crippen LogP contribution >= 0.6 is 11.3 Å². The van der Waals surface area contributed by atoms with Crippen molar-refractivity contribution in [2.24, 2.45) is 0 Å². The van der Waals surface area contributed by atoms with Crippen LogP contribution in [0.2, 0.25) is 0 Å². The molecule has 0 aliphatic rings. The molecule has 6 heteroatoms. The van der Waals surface area contributed by atoms with Gasteiger partial charge in [-0.05, 0) is 49.6 Å². The van der Waals surface area contributed by atoms with Crippen LogP contribution in [-0.2, 0) is 6.42 Å². The number of nitrogens with zero attached hydrogens (tertiary/aromatic N) is 1. The van der Waals surface area contributed by atoms with Crippen molar-refractivity contribution in [3.05, 3.63) is 71.2 Å². The molecule has 1 amide bonds. The van der Waals surface area contributed by atoms with Crippen molar-refractivity contribution >= 4 is 28.1 Å². The lowest BCUT2D eigenvalue weighted by atomic mass is 10.1. The molecule has 0 radical (unpaired) electrons. The molecule has 2 aromatic carbocycles. The Kier molecular flexibility index (Phi) is 6.82. The van der Waals surface area contributed by atoms with Gasteiger partial charge in [0.25, 0.3) is 5.91 Å². The van der Waals surface area contributed by atoms with Gasteiger partial charge in [-0.15, -0.1) is 11.3 Å². The van der Waals surface area contributed by atoms with Crippen LogP contribution in [0.25, 0.3) is 0 Å². The monoisotopic (exact) mass is 381 g/mol. The van der Waals surface area contributed by atoms with Crippen molar-refractivity contribution in [2.45, 2.75) is 19.8 Å². The van der Waals surface area contributed by atoms with Crippen molar-refractivity contribution in [3.8, 4) is 5.75 Å². The van der Waals surface area contributed by atoms with Crippen LogP contribution in [0.15, 0.2) is 60.0 Å². The first-order valence-corrected chi connectivity index (χ1v) is 9.90. The van der Waals surface area contributed by atoms with E-state index in [0.29, 0.717) is 24.0 Å². The summed E-state index contributed by atoms with van der Waals surface area (Å²) in [6.07, 6.45) is 1.85. The zero-order chi connectivity index (χ0) is 18.9. The molecule has 0 saturated carbocycles. The van der Waals surface area contributed by atoms with E-state index in [0.717, 1.165) is 24.3 Å². The summed E-state index contributed by atoms with van der Waals surface area (Å²) in [6, 6.07) is 17.9. The van der Waals surface area contributed by atoms with Crippen LogP contribution in [-0.4, -0.2) is 24.0 Å². The highest BCUT2D eigenvalue weighted by Crippen LogP contribution is 2.23. The molecule has 140 valence electrons. The number of ether oxygens (including phenoxy) is 1. The number of benzene rings is 2. The van der Waals surface area contributed by atoms with E-state index in [1.54, 1.807) is 5.38 Å². The molecule has 0 unspecified atom stereocenters. The van der Waals surface area contributed by atoms with Gasteiger partial charge in [-0.25, -0.2) is 4.98 Å². The minimum atomic E-state index is -0.140. The van der Waals surface area contributed by atoms with E-state index < -0.39 is 0 Å². The lowest BCUT2D eigenvalue weighted by Gasteiger charge is -2.05. The number of amides is 1. The Morgan fingerprint density at radius 1 is 1.11 bits per heavy atom. The minimum Gasteiger partial charge on any atom is -0.494 e. The van der Waals surface area contributed by atoms with Crippen LogP contribution in [0.3, 0.4) is 0 Å². The van der Waals surface area contributed by atoms with E-state index in [9.17, 15) is 4.79 Å². The number of aromatic nitrogens is 1. The van der Waals surface area contributed by atoms with Crippen LogP contribution < -0.4 is 15.4 Å². The van der Waals surface area contributed by atoms with Gasteiger partial charge in [0.2, 0.25) is 0 Å². The van der Waals surface area contributed by atoms with Gasteiger partial charge in [-0.3, -0.25) is 4.79 Å². The van der Waals surface area contributed by atoms with E-state index in [4.69, 9.17) is 4.74 Å². The number of anilines is 2. The van der Waals surface area contributed by atoms with Gasteiger partial charge < -0.3 is 15.4 Å². The molecule has 1 aromatic heterocycles. The largest absolute Gasteiger partial charge is 0.494 e. The Bertz CT molecular complexity index is 847. The Balaban J connectivity index is 1.45. The highest BCUT2D eigenvalue weighted by atomic mass is 32.1. The molecule has 0 aliphatic carbocycles. The number of hydrogen-bond donors (Lipinski definition) is 2. The van der Waals surface area contributed by atoms with Gasteiger partial charge in [0.15, 0.2) is 5.13 Å². The molecule has 27 heavy (non-hydrogen) atoms. The number of hydrogen-bond acceptors (Lipinski definition) is 5. The van der Waals surface area contributed by atoms with Gasteiger partial charge >= 0.3 is 0 Å². The summed E-state index contributed by atoms with van der Waals surface area (Å²) < 4.78 is 5.43. The van der Waals surface area contributed by atoms with E-state index in [-0.39, 0.29) is 5.91 Å². The van der Waals surface area contributed by atoms with Gasteiger partial charge in [0.05, 0.1) is 6.61 Å². The number of aryl methyl sites for hydroxylation is 1. The second-order valence-corrected chi connectivity index (χ2v) is 6.82. The SMILES string of the molecule is CCOc1ccc(Nc2nc(C(=O)NCCCc3ccccc3)cs2)cc1. The Morgan fingerprint density at radius 3 is 2.63 bits per heavy atom. The minimum absolute atomic E-state index is 0.140. The number of carbonyl (C=O) groups is 1. The van der Waals surface area contributed by atoms with Gasteiger partial charge in [0, 0.05) is 17.6 Å². The molecule has 2 N–H and O–H groups in total. The third-order valence-electron chi connectivity index (χ3n) is 3.92. The molecule has 0 bridgehead atoms. The van der Waals surface area contributed by atoms with Gasteiger partial charge in [-0.1, -0.05) is 30.3 Å². The van der Waals surface area contributed by atoms with Crippen molar-refractivity contribution in [2.75, 3.05) is 18.5 Å². The highest BCUT2D eigenvalue weighted by molar-refractivity contribution is 7.14. The molecule has 5 nitrogen and oxygen atoms in total. The topological polar surface area (TPSA) is 63.2 Å². The van der Waals surface area contributed by atoms with Crippen LogP contribution in [0.5, 0.6) is 5.75 Å². The number of nitrogens with one attached hydrogen (secondary N) is 2. The molecule has 3 aromatic rings. The van der Waals surface area contributed by atoms with E-state index in [1.807, 2.05) is 49.4 Å². The molecule has 0 saturated heterocycles. The molecule has 3 rings (SSSR count). The molecule has 0 fully saturated rings. The first-order valence-electron chi connectivity index (χ1n) is 9.02. The van der Waals surface area contributed by atoms with Crippen LogP contribution in [0.1, 0.15) is 29.4 Å². The zero-order valence-electron chi connectivity index (χ0n) is 15.3. The fraction of sp³-hybridized carbons (Fsp3) is 0.238. The smallest absolute Gasteiger partial charge is 0.270 e. The maximum absolute atomic E-state index is 12.2. The summed E-state index contributed by atoms with van der Waals surface area (Å²) in [5.74, 6) is 0.691. The summed E-state index contributed by atoms with van der Waals surface area (Å²) in [5.41, 5.74) is 2.62. The van der Waals surface area contributed by atoms with E-state index in [2.05, 4.69) is 27.8 Å². The fourth-order valence-electron chi connectivity index (χ4n) is 2.59. The number of thiazole rings is 1. The maximum atomic E-state index is 12.2. The maximum Gasteiger partial charge on any atom is 0.270 e.